The Hall–Kier alpha value is -1.04. The van der Waals surface area contributed by atoms with Crippen LogP contribution in [0.1, 0.15) is 11.1 Å². The number of rotatable bonds is 2. The van der Waals surface area contributed by atoms with Crippen molar-refractivity contribution in [3.63, 3.8) is 0 Å². The molecule has 0 atom stereocenters. The predicted octanol–water partition coefficient (Wildman–Crippen LogP) is 3.47. The molecule has 0 aromatic heterocycles. The summed E-state index contributed by atoms with van der Waals surface area (Å²) in [6.45, 7) is 0. The van der Waals surface area contributed by atoms with E-state index < -0.39 is 11.7 Å². The second-order valence-electron chi connectivity index (χ2n) is 2.81. The Morgan fingerprint density at radius 2 is 2.07 bits per heavy atom. The quantitative estimate of drug-likeness (QED) is 0.503. The maximum atomic E-state index is 12.3. The van der Waals surface area contributed by atoms with Crippen LogP contribution in [0.2, 0.25) is 0 Å². The van der Waals surface area contributed by atoms with Crippen LogP contribution in [-0.4, -0.2) is 11.4 Å². The van der Waals surface area contributed by atoms with E-state index in [2.05, 4.69) is 21.1 Å². The zero-order chi connectivity index (χ0) is 11.5. The molecule has 0 heterocycles. The van der Waals surface area contributed by atoms with Crippen molar-refractivity contribution >= 4 is 22.1 Å². The molecule has 0 amide bonds. The molecule has 1 rings (SSSR count). The van der Waals surface area contributed by atoms with Crippen LogP contribution >= 0.6 is 15.9 Å². The van der Waals surface area contributed by atoms with E-state index in [1.54, 1.807) is 0 Å². The number of halogens is 4. The minimum absolute atomic E-state index is 0.140. The SMILES string of the molecule is O/N=C/Cc1cc(C(F)(F)F)ccc1Br. The van der Waals surface area contributed by atoms with Gasteiger partial charge in [-0.1, -0.05) is 15.9 Å². The van der Waals surface area contributed by atoms with E-state index in [1.165, 1.54) is 6.07 Å². The van der Waals surface area contributed by atoms with E-state index in [1.807, 2.05) is 0 Å². The fourth-order valence-corrected chi connectivity index (χ4v) is 1.46. The number of hydrogen-bond acceptors (Lipinski definition) is 2. The average Bonchev–Trinajstić information content (AvgIpc) is 2.15. The Kier molecular flexibility index (Phi) is 3.73. The predicted molar refractivity (Wildman–Crippen MR) is 53.1 cm³/mol. The summed E-state index contributed by atoms with van der Waals surface area (Å²) in [4.78, 5) is 0. The summed E-state index contributed by atoms with van der Waals surface area (Å²) in [7, 11) is 0. The smallest absolute Gasteiger partial charge is 0.411 e. The van der Waals surface area contributed by atoms with Crippen LogP contribution in [-0.2, 0) is 12.6 Å². The van der Waals surface area contributed by atoms with Gasteiger partial charge in [0.05, 0.1) is 5.56 Å². The molecule has 0 saturated carbocycles. The molecule has 0 unspecified atom stereocenters. The number of benzene rings is 1. The van der Waals surface area contributed by atoms with Crippen LogP contribution in [0.4, 0.5) is 13.2 Å². The third-order valence-electron chi connectivity index (χ3n) is 1.77. The third-order valence-corrected chi connectivity index (χ3v) is 2.54. The van der Waals surface area contributed by atoms with Crippen molar-refractivity contribution in [2.24, 2.45) is 5.16 Å². The van der Waals surface area contributed by atoms with E-state index in [0.29, 0.717) is 10.0 Å². The molecular weight excluding hydrogens is 275 g/mol. The van der Waals surface area contributed by atoms with Gasteiger partial charge in [-0.3, -0.25) is 0 Å². The van der Waals surface area contributed by atoms with Gasteiger partial charge >= 0.3 is 6.18 Å². The molecule has 15 heavy (non-hydrogen) atoms. The largest absolute Gasteiger partial charge is 0.416 e. The normalized spacial score (nSPS) is 12.3. The van der Waals surface area contributed by atoms with Gasteiger partial charge in [0.2, 0.25) is 0 Å². The average molecular weight is 282 g/mol. The van der Waals surface area contributed by atoms with Crippen molar-refractivity contribution in [2.75, 3.05) is 0 Å². The first-order valence-corrected chi connectivity index (χ1v) is 4.76. The molecule has 0 aliphatic heterocycles. The molecule has 0 fully saturated rings. The summed E-state index contributed by atoms with van der Waals surface area (Å²) in [5.41, 5.74) is -0.297. The summed E-state index contributed by atoms with van der Waals surface area (Å²) in [6.07, 6.45) is -3.09. The molecule has 1 aromatic rings. The maximum absolute atomic E-state index is 12.3. The highest BCUT2D eigenvalue weighted by molar-refractivity contribution is 9.10. The highest BCUT2D eigenvalue weighted by Crippen LogP contribution is 2.31. The fourth-order valence-electron chi connectivity index (χ4n) is 1.05. The van der Waals surface area contributed by atoms with Gasteiger partial charge in [-0.05, 0) is 23.8 Å². The van der Waals surface area contributed by atoms with Crippen LogP contribution < -0.4 is 0 Å². The molecule has 0 aliphatic carbocycles. The Morgan fingerprint density at radius 3 is 2.60 bits per heavy atom. The molecule has 0 aliphatic rings. The highest BCUT2D eigenvalue weighted by atomic mass is 79.9. The molecule has 1 N–H and O–H groups in total. The van der Waals surface area contributed by atoms with Crippen molar-refractivity contribution in [1.29, 1.82) is 0 Å². The van der Waals surface area contributed by atoms with Crippen LogP contribution in [0.3, 0.4) is 0 Å². The van der Waals surface area contributed by atoms with Crippen molar-refractivity contribution in [2.45, 2.75) is 12.6 Å². The van der Waals surface area contributed by atoms with Crippen LogP contribution in [0.5, 0.6) is 0 Å². The van der Waals surface area contributed by atoms with E-state index in [9.17, 15) is 13.2 Å². The van der Waals surface area contributed by atoms with Crippen LogP contribution in [0.15, 0.2) is 27.8 Å². The number of nitrogens with zero attached hydrogens (tertiary/aromatic N) is 1. The monoisotopic (exact) mass is 281 g/mol. The molecule has 0 spiro atoms. The number of oxime groups is 1. The van der Waals surface area contributed by atoms with Gasteiger partial charge in [0.25, 0.3) is 0 Å². The zero-order valence-corrected chi connectivity index (χ0v) is 9.01. The Bertz CT molecular complexity index is 376. The fraction of sp³-hybridized carbons (Fsp3) is 0.222. The summed E-state index contributed by atoms with van der Waals surface area (Å²) in [5, 5.41) is 10.9. The molecule has 6 heteroatoms. The van der Waals surface area contributed by atoms with Gasteiger partial charge in [0.1, 0.15) is 0 Å². The summed E-state index contributed by atoms with van der Waals surface area (Å²) in [6, 6.07) is 3.33. The van der Waals surface area contributed by atoms with Crippen molar-refractivity contribution in [1.82, 2.24) is 0 Å². The lowest BCUT2D eigenvalue weighted by molar-refractivity contribution is -0.137. The van der Waals surface area contributed by atoms with Crippen LogP contribution in [0, 0.1) is 0 Å². The first-order valence-electron chi connectivity index (χ1n) is 3.96. The first-order chi connectivity index (χ1) is 6.95. The van der Waals surface area contributed by atoms with Crippen molar-refractivity contribution in [3.8, 4) is 0 Å². The van der Waals surface area contributed by atoms with Crippen LogP contribution in [0.25, 0.3) is 0 Å². The van der Waals surface area contributed by atoms with E-state index in [4.69, 9.17) is 5.21 Å². The van der Waals surface area contributed by atoms with E-state index in [0.717, 1.165) is 18.3 Å². The molecular formula is C9H7BrF3NO. The Labute approximate surface area is 92.5 Å². The van der Waals surface area contributed by atoms with E-state index >= 15 is 0 Å². The zero-order valence-electron chi connectivity index (χ0n) is 7.42. The molecule has 2 nitrogen and oxygen atoms in total. The van der Waals surface area contributed by atoms with Gasteiger partial charge in [0.15, 0.2) is 0 Å². The lowest BCUT2D eigenvalue weighted by Crippen LogP contribution is -2.05. The summed E-state index contributed by atoms with van der Waals surface area (Å²) in [5.74, 6) is 0. The second-order valence-corrected chi connectivity index (χ2v) is 3.66. The molecule has 0 bridgehead atoms. The highest BCUT2D eigenvalue weighted by Gasteiger charge is 2.30. The molecule has 0 saturated heterocycles. The maximum Gasteiger partial charge on any atom is 0.416 e. The van der Waals surface area contributed by atoms with Crippen molar-refractivity contribution < 1.29 is 18.4 Å². The minimum atomic E-state index is -4.36. The van der Waals surface area contributed by atoms with Gasteiger partial charge < -0.3 is 5.21 Å². The Morgan fingerprint density at radius 1 is 1.40 bits per heavy atom. The summed E-state index contributed by atoms with van der Waals surface area (Å²) >= 11 is 3.12. The van der Waals surface area contributed by atoms with Gasteiger partial charge in [-0.2, -0.15) is 13.2 Å². The minimum Gasteiger partial charge on any atom is -0.411 e. The van der Waals surface area contributed by atoms with Gasteiger partial charge in [-0.25, -0.2) is 0 Å². The summed E-state index contributed by atoms with van der Waals surface area (Å²) < 4.78 is 37.5. The molecule has 0 radical (unpaired) electrons. The lowest BCUT2D eigenvalue weighted by atomic mass is 10.1. The topological polar surface area (TPSA) is 32.6 Å². The first kappa shape index (κ1) is 12.0. The lowest BCUT2D eigenvalue weighted by Gasteiger charge is -2.09. The van der Waals surface area contributed by atoms with Crippen molar-refractivity contribution in [3.05, 3.63) is 33.8 Å². The third kappa shape index (κ3) is 3.23. The Balaban J connectivity index is 3.05. The molecule has 1 aromatic carbocycles. The van der Waals surface area contributed by atoms with Gasteiger partial charge in [0, 0.05) is 17.1 Å². The number of alkyl halides is 3. The van der Waals surface area contributed by atoms with E-state index in [-0.39, 0.29) is 6.42 Å². The second kappa shape index (κ2) is 4.65. The standard InChI is InChI=1S/C9H7BrF3NO/c10-8-2-1-7(9(11,12)13)5-6(8)3-4-14-15/h1-2,4-5,15H,3H2/b14-4+. The van der Waals surface area contributed by atoms with Gasteiger partial charge in [-0.15, -0.1) is 5.16 Å². The molecule has 82 valence electrons. The number of hydrogen-bond donors (Lipinski definition) is 1.